The van der Waals surface area contributed by atoms with Crippen molar-refractivity contribution in [1.82, 2.24) is 10.3 Å². The first-order chi connectivity index (χ1) is 9.82. The summed E-state index contributed by atoms with van der Waals surface area (Å²) >= 11 is 1.16. The molecule has 8 heteroatoms. The van der Waals surface area contributed by atoms with E-state index in [4.69, 9.17) is 4.74 Å². The molecular weight excluding hydrogens is 326 g/mol. The first-order valence-electron chi connectivity index (χ1n) is 6.97. The van der Waals surface area contributed by atoms with E-state index in [1.807, 2.05) is 20.8 Å². The van der Waals surface area contributed by atoms with Gasteiger partial charge in [-0.1, -0.05) is 32.1 Å². The first-order valence-corrected chi connectivity index (χ1v) is 7.78. The third-order valence-electron chi connectivity index (χ3n) is 3.32. The lowest BCUT2D eigenvalue weighted by Gasteiger charge is -2.16. The van der Waals surface area contributed by atoms with Crippen LogP contribution in [0.1, 0.15) is 49.0 Å². The van der Waals surface area contributed by atoms with Crippen LogP contribution in [-0.4, -0.2) is 36.6 Å². The number of esters is 1. The van der Waals surface area contributed by atoms with Crippen LogP contribution < -0.4 is 10.6 Å². The Bertz CT molecular complexity index is 548. The molecule has 0 aromatic carbocycles. The number of carbonyl (C=O) groups is 2. The minimum absolute atomic E-state index is 0. The van der Waals surface area contributed by atoms with Crippen LogP contribution in [-0.2, 0) is 14.9 Å². The van der Waals surface area contributed by atoms with Crippen LogP contribution in [0.3, 0.4) is 0 Å². The van der Waals surface area contributed by atoms with Crippen molar-refractivity contribution in [2.45, 2.75) is 45.1 Å². The van der Waals surface area contributed by atoms with Crippen LogP contribution in [0.15, 0.2) is 0 Å². The Hall–Kier alpha value is -1.18. The van der Waals surface area contributed by atoms with Crippen molar-refractivity contribution in [3.8, 4) is 0 Å². The maximum Gasteiger partial charge on any atom is 0.350 e. The molecule has 1 aliphatic rings. The largest absolute Gasteiger partial charge is 0.465 e. The van der Waals surface area contributed by atoms with E-state index in [0.717, 1.165) is 30.7 Å². The molecule has 0 radical (unpaired) electrons. The number of methoxy groups -OCH3 is 1. The SMILES string of the molecule is COC(=O)c1sc(NC(=O)C2CCCN2)nc1C(C)(C)C.Cl. The molecule has 2 N–H and O–H groups in total. The van der Waals surface area contributed by atoms with E-state index in [2.05, 4.69) is 15.6 Å². The quantitative estimate of drug-likeness (QED) is 0.820. The highest BCUT2D eigenvalue weighted by Crippen LogP contribution is 2.32. The van der Waals surface area contributed by atoms with Gasteiger partial charge in [-0.05, 0) is 19.4 Å². The van der Waals surface area contributed by atoms with Gasteiger partial charge in [-0.3, -0.25) is 4.79 Å². The summed E-state index contributed by atoms with van der Waals surface area (Å²) in [5.41, 5.74) is 0.350. The standard InChI is InChI=1S/C14H21N3O3S.ClH/c1-14(2,3)10-9(12(19)20-4)21-13(16-10)17-11(18)8-6-5-7-15-8;/h8,15H,5-7H2,1-4H3,(H,16,17,18);1H. The molecule has 1 unspecified atom stereocenters. The highest BCUT2D eigenvalue weighted by atomic mass is 35.5. The summed E-state index contributed by atoms with van der Waals surface area (Å²) in [6.07, 6.45) is 1.82. The van der Waals surface area contributed by atoms with E-state index in [1.54, 1.807) is 0 Å². The summed E-state index contributed by atoms with van der Waals surface area (Å²) < 4.78 is 4.80. The van der Waals surface area contributed by atoms with E-state index >= 15 is 0 Å². The molecule has 6 nitrogen and oxygen atoms in total. The number of amides is 1. The van der Waals surface area contributed by atoms with Gasteiger partial charge in [0, 0.05) is 5.41 Å². The monoisotopic (exact) mass is 347 g/mol. The van der Waals surface area contributed by atoms with Crippen LogP contribution in [0, 0.1) is 0 Å². The van der Waals surface area contributed by atoms with Crippen LogP contribution in [0.5, 0.6) is 0 Å². The Balaban J connectivity index is 0.00000242. The molecule has 1 aliphatic heterocycles. The zero-order valence-corrected chi connectivity index (χ0v) is 14.8. The van der Waals surface area contributed by atoms with Crippen LogP contribution in [0.25, 0.3) is 0 Å². The highest BCUT2D eigenvalue weighted by Gasteiger charge is 2.29. The Morgan fingerprint density at radius 1 is 1.41 bits per heavy atom. The zero-order chi connectivity index (χ0) is 15.6. The van der Waals surface area contributed by atoms with Crippen LogP contribution in [0.2, 0.25) is 0 Å². The third-order valence-corrected chi connectivity index (χ3v) is 4.27. The van der Waals surface area contributed by atoms with Gasteiger partial charge in [0.25, 0.3) is 0 Å². The molecule has 1 aromatic rings. The van der Waals surface area contributed by atoms with Crippen molar-refractivity contribution in [3.63, 3.8) is 0 Å². The maximum atomic E-state index is 12.1. The minimum Gasteiger partial charge on any atom is -0.465 e. The molecule has 0 saturated carbocycles. The summed E-state index contributed by atoms with van der Waals surface area (Å²) in [6, 6.07) is -0.173. The van der Waals surface area contributed by atoms with Crippen molar-refractivity contribution in [2.75, 3.05) is 19.0 Å². The van der Waals surface area contributed by atoms with Gasteiger partial charge in [0.15, 0.2) is 5.13 Å². The fourth-order valence-electron chi connectivity index (χ4n) is 2.21. The van der Waals surface area contributed by atoms with Gasteiger partial charge < -0.3 is 15.4 Å². The number of carbonyl (C=O) groups excluding carboxylic acids is 2. The second-order valence-corrected chi connectivity index (χ2v) is 7.08. The molecule has 2 rings (SSSR count). The number of thiazole rings is 1. The molecule has 22 heavy (non-hydrogen) atoms. The summed E-state index contributed by atoms with van der Waals surface area (Å²) in [5, 5.41) is 6.37. The lowest BCUT2D eigenvalue weighted by Crippen LogP contribution is -2.35. The number of halogens is 1. The molecular formula is C14H22ClN3O3S. The normalized spacial score (nSPS) is 17.7. The average molecular weight is 348 g/mol. The fraction of sp³-hybridized carbons (Fsp3) is 0.643. The minimum atomic E-state index is -0.420. The fourth-order valence-corrected chi connectivity index (χ4v) is 3.31. The third kappa shape index (κ3) is 4.18. The van der Waals surface area contributed by atoms with Crippen molar-refractivity contribution < 1.29 is 14.3 Å². The number of hydrogen-bond acceptors (Lipinski definition) is 6. The Morgan fingerprint density at radius 2 is 2.09 bits per heavy atom. The highest BCUT2D eigenvalue weighted by molar-refractivity contribution is 7.17. The molecule has 0 aliphatic carbocycles. The number of aromatic nitrogens is 1. The smallest absolute Gasteiger partial charge is 0.350 e. The van der Waals surface area contributed by atoms with Gasteiger partial charge in [0.1, 0.15) is 4.88 Å². The summed E-state index contributed by atoms with van der Waals surface area (Å²) in [5.74, 6) is -0.518. The van der Waals surface area contributed by atoms with E-state index in [1.165, 1.54) is 7.11 Å². The first kappa shape index (κ1) is 18.9. The van der Waals surface area contributed by atoms with E-state index in [9.17, 15) is 9.59 Å². The molecule has 1 fully saturated rings. The molecule has 0 spiro atoms. The Labute approximate surface area is 140 Å². The lowest BCUT2D eigenvalue weighted by atomic mass is 9.91. The van der Waals surface area contributed by atoms with Gasteiger partial charge in [-0.15, -0.1) is 12.4 Å². The van der Waals surface area contributed by atoms with Crippen molar-refractivity contribution in [2.24, 2.45) is 0 Å². The second kappa shape index (κ2) is 7.39. The molecule has 1 aromatic heterocycles. The molecule has 1 amide bonds. The lowest BCUT2D eigenvalue weighted by molar-refractivity contribution is -0.117. The maximum absolute atomic E-state index is 12.1. The number of ether oxygens (including phenoxy) is 1. The summed E-state index contributed by atoms with van der Waals surface area (Å²) in [4.78, 5) is 28.8. The van der Waals surface area contributed by atoms with Crippen LogP contribution >= 0.6 is 23.7 Å². The van der Waals surface area contributed by atoms with Crippen molar-refractivity contribution >= 4 is 40.8 Å². The van der Waals surface area contributed by atoms with Gasteiger partial charge >= 0.3 is 5.97 Å². The number of nitrogens with one attached hydrogen (secondary N) is 2. The second-order valence-electron chi connectivity index (χ2n) is 6.08. The van der Waals surface area contributed by atoms with E-state index < -0.39 is 5.97 Å². The Kier molecular flexibility index (Phi) is 6.34. The van der Waals surface area contributed by atoms with Gasteiger partial charge in [-0.2, -0.15) is 0 Å². The molecule has 0 bridgehead atoms. The number of nitrogens with zero attached hydrogens (tertiary/aromatic N) is 1. The van der Waals surface area contributed by atoms with Gasteiger partial charge in [0.2, 0.25) is 5.91 Å². The molecule has 1 saturated heterocycles. The van der Waals surface area contributed by atoms with Gasteiger partial charge in [-0.25, -0.2) is 9.78 Å². The Morgan fingerprint density at radius 3 is 2.59 bits per heavy atom. The molecule has 124 valence electrons. The molecule has 1 atom stereocenters. The summed E-state index contributed by atoms with van der Waals surface area (Å²) in [6.45, 7) is 6.77. The number of anilines is 1. The van der Waals surface area contributed by atoms with E-state index in [-0.39, 0.29) is 29.8 Å². The molecule has 2 heterocycles. The predicted octanol–water partition coefficient (Wildman–Crippen LogP) is 2.34. The topological polar surface area (TPSA) is 80.3 Å². The zero-order valence-electron chi connectivity index (χ0n) is 13.2. The van der Waals surface area contributed by atoms with Gasteiger partial charge in [0.05, 0.1) is 18.8 Å². The summed E-state index contributed by atoms with van der Waals surface area (Å²) in [7, 11) is 1.34. The predicted molar refractivity (Wildman–Crippen MR) is 89.1 cm³/mol. The van der Waals surface area contributed by atoms with Crippen molar-refractivity contribution in [3.05, 3.63) is 10.6 Å². The van der Waals surface area contributed by atoms with Crippen molar-refractivity contribution in [1.29, 1.82) is 0 Å². The van der Waals surface area contributed by atoms with E-state index in [0.29, 0.717) is 15.7 Å². The number of rotatable bonds is 3. The van der Waals surface area contributed by atoms with Crippen LogP contribution in [0.4, 0.5) is 5.13 Å². The number of hydrogen-bond donors (Lipinski definition) is 2. The average Bonchev–Trinajstić information content (AvgIpc) is 3.05.